The molecule has 1 aromatic rings. The molecule has 0 aliphatic rings. The van der Waals surface area contributed by atoms with Crippen molar-refractivity contribution < 1.29 is 9.18 Å². The Bertz CT molecular complexity index is 452. The number of halogens is 2. The van der Waals surface area contributed by atoms with Crippen LogP contribution in [0.1, 0.15) is 0 Å². The molecule has 0 aliphatic heterocycles. The second kappa shape index (κ2) is 5.09. The molecule has 5 nitrogen and oxygen atoms in total. The second-order valence-corrected chi connectivity index (χ2v) is 3.94. The Morgan fingerprint density at radius 1 is 1.53 bits per heavy atom. The number of carbonyl (C=O) groups excluding carboxylic acids is 1. The molecule has 1 aromatic carbocycles. The summed E-state index contributed by atoms with van der Waals surface area (Å²) in [6.07, 6.45) is 0. The summed E-state index contributed by atoms with van der Waals surface area (Å²) in [6, 6.07) is 1.36. The predicted octanol–water partition coefficient (Wildman–Crippen LogP) is 0.826. The van der Waals surface area contributed by atoms with Gasteiger partial charge in [-0.1, -0.05) is 11.6 Å². The van der Waals surface area contributed by atoms with E-state index in [1.807, 2.05) is 0 Å². The van der Waals surface area contributed by atoms with Crippen molar-refractivity contribution in [2.24, 2.45) is 0 Å². The Labute approximate surface area is 104 Å². The van der Waals surface area contributed by atoms with Crippen molar-refractivity contribution in [2.45, 2.75) is 0 Å². The summed E-state index contributed by atoms with van der Waals surface area (Å²) in [5, 5.41) is 2.23. The van der Waals surface area contributed by atoms with E-state index in [-0.39, 0.29) is 34.5 Å². The van der Waals surface area contributed by atoms with Crippen LogP contribution in [0.5, 0.6) is 0 Å². The van der Waals surface area contributed by atoms with Crippen LogP contribution in [-0.4, -0.2) is 26.5 Å². The molecule has 0 saturated heterocycles. The highest BCUT2D eigenvalue weighted by atomic mass is 35.5. The zero-order valence-electron chi connectivity index (χ0n) is 9.55. The first-order valence-electron chi connectivity index (χ1n) is 4.83. The monoisotopic (exact) mass is 260 g/mol. The van der Waals surface area contributed by atoms with Gasteiger partial charge in [-0.05, 0) is 6.07 Å². The molecule has 0 unspecified atom stereocenters. The lowest BCUT2D eigenvalue weighted by Crippen LogP contribution is -2.33. The minimum atomic E-state index is -0.726. The number of amides is 1. The summed E-state index contributed by atoms with van der Waals surface area (Å²) in [5.74, 6) is -0.991. The number of hydrogen-bond acceptors (Lipinski definition) is 4. The van der Waals surface area contributed by atoms with E-state index < -0.39 is 5.82 Å². The number of carbonyl (C=O) groups is 1. The van der Waals surface area contributed by atoms with Gasteiger partial charge in [-0.3, -0.25) is 4.79 Å². The lowest BCUT2D eigenvalue weighted by atomic mass is 10.2. The number of nitrogen functional groups attached to an aromatic ring is 2. The van der Waals surface area contributed by atoms with Gasteiger partial charge in [0.1, 0.15) is 5.02 Å². The van der Waals surface area contributed by atoms with Crippen molar-refractivity contribution in [2.75, 3.05) is 37.0 Å². The van der Waals surface area contributed by atoms with Crippen molar-refractivity contribution in [1.82, 2.24) is 5.32 Å². The lowest BCUT2D eigenvalue weighted by molar-refractivity contribution is -0.119. The van der Waals surface area contributed by atoms with E-state index in [0.29, 0.717) is 0 Å². The zero-order valence-corrected chi connectivity index (χ0v) is 10.3. The highest BCUT2D eigenvalue weighted by Gasteiger charge is 2.18. The topological polar surface area (TPSA) is 84.4 Å². The average molecular weight is 261 g/mol. The molecule has 0 atom stereocenters. The number of rotatable bonds is 3. The predicted molar refractivity (Wildman–Crippen MR) is 67.6 cm³/mol. The number of benzene rings is 1. The van der Waals surface area contributed by atoms with Crippen LogP contribution in [-0.2, 0) is 4.79 Å². The van der Waals surface area contributed by atoms with Crippen molar-refractivity contribution >= 4 is 34.6 Å². The third kappa shape index (κ3) is 2.71. The molecule has 0 aliphatic carbocycles. The molecular formula is C10H14ClFN4O. The van der Waals surface area contributed by atoms with Gasteiger partial charge in [0.25, 0.3) is 0 Å². The highest BCUT2D eigenvalue weighted by molar-refractivity contribution is 6.33. The summed E-state index contributed by atoms with van der Waals surface area (Å²) in [4.78, 5) is 12.6. The van der Waals surface area contributed by atoms with Crippen LogP contribution in [0.25, 0.3) is 0 Å². The van der Waals surface area contributed by atoms with Crippen LogP contribution in [0.2, 0.25) is 5.02 Å². The molecular weight excluding hydrogens is 247 g/mol. The molecule has 0 saturated carbocycles. The van der Waals surface area contributed by atoms with Gasteiger partial charge in [-0.15, -0.1) is 0 Å². The van der Waals surface area contributed by atoms with Crippen molar-refractivity contribution in [3.63, 3.8) is 0 Å². The van der Waals surface area contributed by atoms with E-state index in [0.717, 1.165) is 0 Å². The third-order valence-corrected chi connectivity index (χ3v) is 2.66. The normalized spacial score (nSPS) is 10.1. The van der Waals surface area contributed by atoms with Gasteiger partial charge in [0.15, 0.2) is 5.82 Å². The minimum absolute atomic E-state index is 0.0299. The SMILES string of the molecule is CNC(=O)CN(C)c1c(N)cc(N)c(Cl)c1F. The van der Waals surface area contributed by atoms with Gasteiger partial charge in [-0.25, -0.2) is 4.39 Å². The van der Waals surface area contributed by atoms with E-state index in [1.165, 1.54) is 25.1 Å². The maximum absolute atomic E-state index is 13.9. The van der Waals surface area contributed by atoms with E-state index in [9.17, 15) is 9.18 Å². The van der Waals surface area contributed by atoms with E-state index >= 15 is 0 Å². The number of nitrogens with zero attached hydrogens (tertiary/aromatic N) is 1. The molecule has 0 bridgehead atoms. The Morgan fingerprint density at radius 2 is 2.12 bits per heavy atom. The smallest absolute Gasteiger partial charge is 0.239 e. The number of likely N-dealkylation sites (N-methyl/N-ethyl adjacent to an activating group) is 2. The highest BCUT2D eigenvalue weighted by Crippen LogP contribution is 2.35. The molecule has 0 fully saturated rings. The molecule has 0 heterocycles. The first-order chi connectivity index (χ1) is 7.88. The summed E-state index contributed by atoms with van der Waals surface area (Å²) < 4.78 is 13.9. The molecule has 5 N–H and O–H groups in total. The first-order valence-corrected chi connectivity index (χ1v) is 5.21. The van der Waals surface area contributed by atoms with Gasteiger partial charge in [-0.2, -0.15) is 0 Å². The maximum Gasteiger partial charge on any atom is 0.239 e. The van der Waals surface area contributed by atoms with Crippen LogP contribution < -0.4 is 21.7 Å². The first kappa shape index (κ1) is 13.4. The number of hydrogen-bond donors (Lipinski definition) is 3. The van der Waals surface area contributed by atoms with Gasteiger partial charge in [0, 0.05) is 14.1 Å². The second-order valence-electron chi connectivity index (χ2n) is 3.56. The van der Waals surface area contributed by atoms with Crippen molar-refractivity contribution in [1.29, 1.82) is 0 Å². The summed E-state index contributed by atoms with van der Waals surface area (Å²) in [5.41, 5.74) is 11.4. The Hall–Kier alpha value is -1.69. The van der Waals surface area contributed by atoms with Crippen LogP contribution >= 0.6 is 11.6 Å². The molecule has 1 amide bonds. The fourth-order valence-electron chi connectivity index (χ4n) is 1.42. The molecule has 1 rings (SSSR count). The Kier molecular flexibility index (Phi) is 4.01. The zero-order chi connectivity index (χ0) is 13.2. The Balaban J connectivity index is 3.13. The molecule has 0 spiro atoms. The maximum atomic E-state index is 13.9. The molecule has 17 heavy (non-hydrogen) atoms. The summed E-state index contributed by atoms with van der Waals surface area (Å²) in [6.45, 7) is -0.0299. The standard InChI is InChI=1S/C10H14ClFN4O/c1-15-7(17)4-16(2)10-6(14)3-5(13)8(11)9(10)12/h3H,4,13-14H2,1-2H3,(H,15,17). The minimum Gasteiger partial charge on any atom is -0.397 e. The largest absolute Gasteiger partial charge is 0.397 e. The van der Waals surface area contributed by atoms with E-state index in [2.05, 4.69) is 5.32 Å². The van der Waals surface area contributed by atoms with Gasteiger partial charge in [0.2, 0.25) is 5.91 Å². The molecule has 0 radical (unpaired) electrons. The number of nitrogens with two attached hydrogens (primary N) is 2. The van der Waals surface area contributed by atoms with Crippen LogP contribution in [0.3, 0.4) is 0 Å². The molecule has 94 valence electrons. The van der Waals surface area contributed by atoms with Crippen molar-refractivity contribution in [3.8, 4) is 0 Å². The number of anilines is 3. The van der Waals surface area contributed by atoms with Gasteiger partial charge >= 0.3 is 0 Å². The summed E-state index contributed by atoms with van der Waals surface area (Å²) >= 11 is 5.69. The fraction of sp³-hybridized carbons (Fsp3) is 0.300. The van der Waals surface area contributed by atoms with Crippen molar-refractivity contribution in [3.05, 3.63) is 16.9 Å². The van der Waals surface area contributed by atoms with E-state index in [1.54, 1.807) is 0 Å². The van der Waals surface area contributed by atoms with Crippen LogP contribution in [0.15, 0.2) is 6.07 Å². The van der Waals surface area contributed by atoms with Gasteiger partial charge < -0.3 is 21.7 Å². The molecule has 7 heteroatoms. The summed E-state index contributed by atoms with van der Waals surface area (Å²) in [7, 11) is 3.03. The van der Waals surface area contributed by atoms with Crippen LogP contribution in [0.4, 0.5) is 21.5 Å². The fourth-order valence-corrected chi connectivity index (χ4v) is 1.56. The number of nitrogens with one attached hydrogen (secondary N) is 1. The quantitative estimate of drug-likeness (QED) is 0.703. The molecule has 0 aromatic heterocycles. The third-order valence-electron chi connectivity index (χ3n) is 2.28. The van der Waals surface area contributed by atoms with Gasteiger partial charge in [0.05, 0.1) is 23.6 Å². The Morgan fingerprint density at radius 3 is 2.65 bits per heavy atom. The average Bonchev–Trinajstić information content (AvgIpc) is 2.25. The van der Waals surface area contributed by atoms with Crippen LogP contribution in [0, 0.1) is 5.82 Å². The lowest BCUT2D eigenvalue weighted by Gasteiger charge is -2.21. The van der Waals surface area contributed by atoms with E-state index in [4.69, 9.17) is 23.1 Å².